The highest BCUT2D eigenvalue weighted by Crippen LogP contribution is 2.07. The number of hydrogen-bond acceptors (Lipinski definition) is 1. The molecule has 1 aromatic carbocycles. The van der Waals surface area contributed by atoms with Crippen LogP contribution in [0, 0.1) is 6.92 Å². The molecule has 1 rings (SSSR count). The second-order valence-corrected chi connectivity index (χ2v) is 3.48. The van der Waals surface area contributed by atoms with Crippen molar-refractivity contribution < 1.29 is 0 Å². The number of hydrogen-bond donors (Lipinski definition) is 1. The van der Waals surface area contributed by atoms with E-state index >= 15 is 0 Å². The molecule has 13 heavy (non-hydrogen) atoms. The Labute approximate surface area is 80.3 Å². The lowest BCUT2D eigenvalue weighted by Gasteiger charge is -2.08. The first-order valence-corrected chi connectivity index (χ1v) is 4.64. The molecule has 0 spiro atoms. The van der Waals surface area contributed by atoms with Crippen molar-refractivity contribution in [3.8, 4) is 0 Å². The van der Waals surface area contributed by atoms with Crippen molar-refractivity contribution >= 4 is 0 Å². The summed E-state index contributed by atoms with van der Waals surface area (Å²) in [5, 5.41) is 0. The monoisotopic (exact) mass is 175 g/mol. The summed E-state index contributed by atoms with van der Waals surface area (Å²) in [4.78, 5) is 0. The van der Waals surface area contributed by atoms with Crippen molar-refractivity contribution in [2.24, 2.45) is 5.73 Å². The highest BCUT2D eigenvalue weighted by Gasteiger charge is 2.01. The van der Waals surface area contributed by atoms with E-state index in [9.17, 15) is 0 Å². The normalized spacial score (nSPS) is 12.5. The Bertz CT molecular complexity index is 278. The maximum atomic E-state index is 5.90. The van der Waals surface area contributed by atoms with Gasteiger partial charge in [-0.15, -0.1) is 6.58 Å². The minimum absolute atomic E-state index is 0.208. The summed E-state index contributed by atoms with van der Waals surface area (Å²) < 4.78 is 0. The molecule has 0 radical (unpaired) electrons. The molecule has 0 heterocycles. The fraction of sp³-hybridized carbons (Fsp3) is 0.333. The van der Waals surface area contributed by atoms with Gasteiger partial charge in [-0.05, 0) is 25.3 Å². The molecule has 1 atom stereocenters. The second kappa shape index (κ2) is 4.83. The van der Waals surface area contributed by atoms with E-state index in [1.807, 2.05) is 6.08 Å². The smallest absolute Gasteiger partial charge is 0.0114 e. The molecular weight excluding hydrogens is 158 g/mol. The lowest BCUT2D eigenvalue weighted by Crippen LogP contribution is -2.21. The van der Waals surface area contributed by atoms with Crippen LogP contribution < -0.4 is 5.73 Å². The summed E-state index contributed by atoms with van der Waals surface area (Å²) in [5.74, 6) is 0. The second-order valence-electron chi connectivity index (χ2n) is 3.48. The summed E-state index contributed by atoms with van der Waals surface area (Å²) in [6.07, 6.45) is 3.70. The molecule has 0 saturated heterocycles. The van der Waals surface area contributed by atoms with Crippen molar-refractivity contribution in [3.63, 3.8) is 0 Å². The van der Waals surface area contributed by atoms with Crippen LogP contribution >= 0.6 is 0 Å². The molecule has 1 aromatic rings. The van der Waals surface area contributed by atoms with Gasteiger partial charge in [0.15, 0.2) is 0 Å². The van der Waals surface area contributed by atoms with Gasteiger partial charge in [-0.2, -0.15) is 0 Å². The topological polar surface area (TPSA) is 26.0 Å². The number of rotatable bonds is 4. The van der Waals surface area contributed by atoms with Gasteiger partial charge in [-0.1, -0.05) is 35.9 Å². The average molecular weight is 175 g/mol. The first-order chi connectivity index (χ1) is 6.22. The van der Waals surface area contributed by atoms with Gasteiger partial charge >= 0.3 is 0 Å². The third-order valence-electron chi connectivity index (χ3n) is 2.05. The molecule has 0 fully saturated rings. The van der Waals surface area contributed by atoms with E-state index in [1.165, 1.54) is 11.1 Å². The fourth-order valence-corrected chi connectivity index (χ4v) is 1.44. The third kappa shape index (κ3) is 3.43. The number of benzene rings is 1. The molecule has 0 aliphatic carbocycles. The molecule has 1 nitrogen and oxygen atoms in total. The van der Waals surface area contributed by atoms with Gasteiger partial charge in [0.1, 0.15) is 0 Å². The Morgan fingerprint density at radius 1 is 1.54 bits per heavy atom. The van der Waals surface area contributed by atoms with Crippen molar-refractivity contribution in [1.82, 2.24) is 0 Å². The van der Waals surface area contributed by atoms with Crippen LogP contribution in [0.3, 0.4) is 0 Å². The third-order valence-corrected chi connectivity index (χ3v) is 2.05. The lowest BCUT2D eigenvalue weighted by molar-refractivity contribution is 0.679. The Balaban J connectivity index is 2.58. The highest BCUT2D eigenvalue weighted by atomic mass is 14.6. The van der Waals surface area contributed by atoms with Gasteiger partial charge < -0.3 is 5.73 Å². The minimum atomic E-state index is 0.208. The van der Waals surface area contributed by atoms with E-state index < -0.39 is 0 Å². The zero-order chi connectivity index (χ0) is 9.68. The van der Waals surface area contributed by atoms with Crippen LogP contribution in [0.15, 0.2) is 36.9 Å². The molecule has 70 valence electrons. The van der Waals surface area contributed by atoms with Crippen molar-refractivity contribution in [2.75, 3.05) is 0 Å². The van der Waals surface area contributed by atoms with Crippen molar-refractivity contribution in [3.05, 3.63) is 48.0 Å². The van der Waals surface area contributed by atoms with Crippen LogP contribution in [0.5, 0.6) is 0 Å². The Kier molecular flexibility index (Phi) is 3.71. The predicted molar refractivity (Wildman–Crippen MR) is 57.7 cm³/mol. The van der Waals surface area contributed by atoms with Gasteiger partial charge in [0.25, 0.3) is 0 Å². The number of nitrogens with two attached hydrogens (primary N) is 1. The fourth-order valence-electron chi connectivity index (χ4n) is 1.44. The SMILES string of the molecule is C=CCC(N)Cc1cccc(C)c1. The predicted octanol–water partition coefficient (Wildman–Crippen LogP) is 2.44. The van der Waals surface area contributed by atoms with Gasteiger partial charge in [0.05, 0.1) is 0 Å². The zero-order valence-electron chi connectivity index (χ0n) is 8.16. The Morgan fingerprint density at radius 3 is 2.92 bits per heavy atom. The first kappa shape index (κ1) is 10.0. The molecule has 0 bridgehead atoms. The number of aryl methyl sites for hydroxylation is 1. The molecule has 2 N–H and O–H groups in total. The van der Waals surface area contributed by atoms with Crippen LogP contribution in [0.25, 0.3) is 0 Å². The molecule has 1 unspecified atom stereocenters. The maximum Gasteiger partial charge on any atom is 0.0114 e. The van der Waals surface area contributed by atoms with Crippen LogP contribution in [-0.4, -0.2) is 6.04 Å². The summed E-state index contributed by atoms with van der Waals surface area (Å²) in [5.41, 5.74) is 8.50. The van der Waals surface area contributed by atoms with E-state index in [2.05, 4.69) is 37.8 Å². The molecule has 0 aliphatic rings. The molecule has 0 amide bonds. The first-order valence-electron chi connectivity index (χ1n) is 4.64. The van der Waals surface area contributed by atoms with Gasteiger partial charge in [0, 0.05) is 6.04 Å². The van der Waals surface area contributed by atoms with Crippen LogP contribution in [-0.2, 0) is 6.42 Å². The van der Waals surface area contributed by atoms with Crippen molar-refractivity contribution in [2.45, 2.75) is 25.8 Å². The molecule has 0 saturated carbocycles. The minimum Gasteiger partial charge on any atom is -0.327 e. The lowest BCUT2D eigenvalue weighted by atomic mass is 10.0. The van der Waals surface area contributed by atoms with E-state index in [-0.39, 0.29) is 6.04 Å². The summed E-state index contributed by atoms with van der Waals surface area (Å²) >= 11 is 0. The van der Waals surface area contributed by atoms with Crippen LogP contribution in [0.1, 0.15) is 17.5 Å². The quantitative estimate of drug-likeness (QED) is 0.699. The van der Waals surface area contributed by atoms with E-state index in [0.717, 1.165) is 12.8 Å². The van der Waals surface area contributed by atoms with Gasteiger partial charge in [-0.3, -0.25) is 0 Å². The molecule has 0 aromatic heterocycles. The maximum absolute atomic E-state index is 5.90. The Morgan fingerprint density at radius 2 is 2.31 bits per heavy atom. The molecule has 1 heteroatoms. The zero-order valence-corrected chi connectivity index (χ0v) is 8.16. The van der Waals surface area contributed by atoms with Gasteiger partial charge in [-0.25, -0.2) is 0 Å². The largest absolute Gasteiger partial charge is 0.327 e. The average Bonchev–Trinajstić information content (AvgIpc) is 2.04. The van der Waals surface area contributed by atoms with Crippen LogP contribution in [0.2, 0.25) is 0 Å². The standard InChI is InChI=1S/C12H17N/c1-3-5-12(13)9-11-7-4-6-10(2)8-11/h3-4,6-8,12H,1,5,9,13H2,2H3. The van der Waals surface area contributed by atoms with E-state index in [0.29, 0.717) is 0 Å². The highest BCUT2D eigenvalue weighted by molar-refractivity contribution is 5.22. The van der Waals surface area contributed by atoms with E-state index in [1.54, 1.807) is 0 Å². The summed E-state index contributed by atoms with van der Waals surface area (Å²) in [6, 6.07) is 8.69. The summed E-state index contributed by atoms with van der Waals surface area (Å²) in [7, 11) is 0. The van der Waals surface area contributed by atoms with Gasteiger partial charge in [0.2, 0.25) is 0 Å². The molecule has 0 aliphatic heterocycles. The van der Waals surface area contributed by atoms with E-state index in [4.69, 9.17) is 5.73 Å². The molecular formula is C12H17N. The van der Waals surface area contributed by atoms with Crippen molar-refractivity contribution in [1.29, 1.82) is 0 Å². The Hall–Kier alpha value is -1.08. The summed E-state index contributed by atoms with van der Waals surface area (Å²) in [6.45, 7) is 5.78. The van der Waals surface area contributed by atoms with Crippen LogP contribution in [0.4, 0.5) is 0 Å².